The number of ether oxygens (including phenoxy) is 2. The van der Waals surface area contributed by atoms with Crippen molar-refractivity contribution < 1.29 is 66.7 Å². The highest BCUT2D eigenvalue weighted by molar-refractivity contribution is 7.47. The first-order chi connectivity index (χ1) is 28.8. The summed E-state index contributed by atoms with van der Waals surface area (Å²) in [4.78, 5) is 52.6. The van der Waals surface area contributed by atoms with Crippen LogP contribution in [0.2, 0.25) is 0 Å². The van der Waals surface area contributed by atoms with Crippen molar-refractivity contribution in [3.63, 3.8) is 0 Å². The molecule has 346 valence electrons. The zero-order valence-electron chi connectivity index (χ0n) is 36.1. The maximum atomic E-state index is 12.6. The Hall–Kier alpha value is -2.48. The SMILES string of the molecule is CCCCC/C=C\C/C=C\CCCCCCCC(=O)O[C@H](COC(=O)CCC/C=C\C/C=C\C/C=C\C/C=C\[C@@H](O)CCCC)COP(=O)(O)OC[C@@H](O)COP(=O)(O)O. The van der Waals surface area contributed by atoms with Crippen molar-refractivity contribution in [3.05, 3.63) is 72.9 Å². The van der Waals surface area contributed by atoms with Gasteiger partial charge in [-0.2, -0.15) is 0 Å². The predicted molar refractivity (Wildman–Crippen MR) is 236 cm³/mol. The number of esters is 2. The first-order valence-electron chi connectivity index (χ1n) is 21.7. The van der Waals surface area contributed by atoms with E-state index < -0.39 is 66.2 Å². The summed E-state index contributed by atoms with van der Waals surface area (Å²) < 4.78 is 47.7. The fraction of sp³-hybridized carbons (Fsp3) is 0.682. The molecule has 0 aliphatic carbocycles. The van der Waals surface area contributed by atoms with Gasteiger partial charge in [-0.05, 0) is 77.0 Å². The molecule has 0 amide bonds. The average molecular weight is 891 g/mol. The predicted octanol–water partition coefficient (Wildman–Crippen LogP) is 9.98. The van der Waals surface area contributed by atoms with E-state index in [0.717, 1.165) is 83.5 Å². The van der Waals surface area contributed by atoms with Gasteiger partial charge in [-0.1, -0.05) is 132 Å². The molecule has 4 atom stereocenters. The second-order valence-corrected chi connectivity index (χ2v) is 17.1. The number of unbranched alkanes of at least 4 members (excludes halogenated alkanes) is 10. The molecule has 0 aromatic carbocycles. The van der Waals surface area contributed by atoms with Gasteiger partial charge < -0.3 is 34.4 Å². The molecule has 5 N–H and O–H groups in total. The van der Waals surface area contributed by atoms with Gasteiger partial charge in [0.1, 0.15) is 12.7 Å². The zero-order chi connectivity index (χ0) is 44.6. The van der Waals surface area contributed by atoms with E-state index in [9.17, 15) is 33.8 Å². The van der Waals surface area contributed by atoms with E-state index in [-0.39, 0.29) is 18.9 Å². The van der Waals surface area contributed by atoms with Crippen LogP contribution in [-0.2, 0) is 41.8 Å². The molecule has 0 radical (unpaired) electrons. The molecule has 0 saturated heterocycles. The summed E-state index contributed by atoms with van der Waals surface area (Å²) in [7, 11) is -9.71. The molecule has 0 bridgehead atoms. The number of carbonyl (C=O) groups excluding carboxylic acids is 2. The van der Waals surface area contributed by atoms with Gasteiger partial charge in [0.05, 0.1) is 25.9 Å². The Morgan fingerprint density at radius 2 is 1.02 bits per heavy atom. The van der Waals surface area contributed by atoms with Crippen LogP contribution >= 0.6 is 15.6 Å². The monoisotopic (exact) mass is 890 g/mol. The lowest BCUT2D eigenvalue weighted by molar-refractivity contribution is -0.161. The van der Waals surface area contributed by atoms with Crippen LogP contribution in [0.5, 0.6) is 0 Å². The number of phosphoric ester groups is 2. The number of hydrogen-bond donors (Lipinski definition) is 5. The van der Waals surface area contributed by atoms with Crippen LogP contribution in [-0.4, -0.2) is 81.6 Å². The Morgan fingerprint density at radius 3 is 1.62 bits per heavy atom. The third-order valence-electron chi connectivity index (χ3n) is 8.63. The lowest BCUT2D eigenvalue weighted by atomic mass is 10.1. The molecule has 14 nitrogen and oxygen atoms in total. The molecular weight excluding hydrogens is 814 g/mol. The van der Waals surface area contributed by atoms with Crippen molar-refractivity contribution in [2.75, 3.05) is 26.4 Å². The third kappa shape index (κ3) is 42.2. The minimum atomic E-state index is -4.88. The second-order valence-electron chi connectivity index (χ2n) is 14.4. The maximum absolute atomic E-state index is 12.6. The van der Waals surface area contributed by atoms with E-state index in [1.165, 1.54) is 19.3 Å². The first kappa shape index (κ1) is 57.5. The van der Waals surface area contributed by atoms with Crippen LogP contribution in [0.25, 0.3) is 0 Å². The molecule has 0 fully saturated rings. The van der Waals surface area contributed by atoms with Crippen LogP contribution in [0, 0.1) is 0 Å². The fourth-order valence-corrected chi connectivity index (χ4v) is 6.43. The Bertz CT molecular complexity index is 1350. The maximum Gasteiger partial charge on any atom is 0.472 e. The minimum Gasteiger partial charge on any atom is -0.462 e. The normalized spacial score (nSPS) is 15.2. The molecule has 0 saturated carbocycles. The molecule has 16 heteroatoms. The van der Waals surface area contributed by atoms with Crippen LogP contribution in [0.1, 0.15) is 149 Å². The summed E-state index contributed by atoms with van der Waals surface area (Å²) in [6, 6.07) is 0. The number of phosphoric acid groups is 2. The van der Waals surface area contributed by atoms with Crippen molar-refractivity contribution in [3.8, 4) is 0 Å². The molecule has 0 rings (SSSR count). The van der Waals surface area contributed by atoms with E-state index in [2.05, 4.69) is 71.5 Å². The zero-order valence-corrected chi connectivity index (χ0v) is 37.9. The number of carbonyl (C=O) groups is 2. The van der Waals surface area contributed by atoms with Crippen LogP contribution in [0.4, 0.5) is 0 Å². The molecule has 1 unspecified atom stereocenters. The Balaban J connectivity index is 4.67. The number of aliphatic hydroxyl groups is 2. The van der Waals surface area contributed by atoms with Gasteiger partial charge >= 0.3 is 27.6 Å². The summed E-state index contributed by atoms with van der Waals surface area (Å²) in [6.07, 6.45) is 39.5. The van der Waals surface area contributed by atoms with Gasteiger partial charge in [0.15, 0.2) is 6.10 Å². The summed E-state index contributed by atoms with van der Waals surface area (Å²) in [5.74, 6) is -1.14. The van der Waals surface area contributed by atoms with E-state index in [1.54, 1.807) is 0 Å². The van der Waals surface area contributed by atoms with Gasteiger partial charge in [0, 0.05) is 12.8 Å². The Labute approximate surface area is 359 Å². The number of aliphatic hydroxyl groups excluding tert-OH is 2. The first-order valence-corrected chi connectivity index (χ1v) is 24.7. The summed E-state index contributed by atoms with van der Waals surface area (Å²) in [5, 5.41) is 19.6. The number of allylic oxidation sites excluding steroid dienone is 11. The third-order valence-corrected chi connectivity index (χ3v) is 10.1. The fourth-order valence-electron chi connectivity index (χ4n) is 5.27. The Kier molecular flexibility index (Phi) is 37.7. The lowest BCUT2D eigenvalue weighted by Gasteiger charge is -2.20. The van der Waals surface area contributed by atoms with Crippen LogP contribution < -0.4 is 0 Å². The molecule has 0 aromatic rings. The largest absolute Gasteiger partial charge is 0.472 e. The highest BCUT2D eigenvalue weighted by Crippen LogP contribution is 2.43. The molecule has 0 heterocycles. The van der Waals surface area contributed by atoms with Gasteiger partial charge in [0.2, 0.25) is 0 Å². The summed E-state index contributed by atoms with van der Waals surface area (Å²) in [6.45, 7) is 1.47. The van der Waals surface area contributed by atoms with Crippen molar-refractivity contribution in [2.24, 2.45) is 0 Å². The van der Waals surface area contributed by atoms with Gasteiger partial charge in [-0.15, -0.1) is 0 Å². The summed E-state index contributed by atoms with van der Waals surface area (Å²) >= 11 is 0. The molecule has 0 aliphatic heterocycles. The van der Waals surface area contributed by atoms with Crippen molar-refractivity contribution >= 4 is 27.6 Å². The van der Waals surface area contributed by atoms with Gasteiger partial charge in [-0.3, -0.25) is 23.2 Å². The van der Waals surface area contributed by atoms with Crippen molar-refractivity contribution in [2.45, 2.75) is 167 Å². The minimum absolute atomic E-state index is 0.0921. The topological polar surface area (TPSA) is 216 Å². The standard InChI is InChI=1S/C44H76O14P2/c1-3-5-7-8-9-10-11-12-13-14-19-22-25-28-31-35-44(48)58-42(39-57-60(52,53)56-37-41(46)36-55-59(49,50)51)38-54-43(47)34-30-27-24-21-18-16-15-17-20-23-26-29-33-40(45)32-6-4-2/h9-10,12-13,15-16,20-21,23-24,29,33,40-42,45-46H,3-8,11,14,17-19,22,25-28,30-32,34-39H2,1-2H3,(H,52,53)(H2,49,50,51)/b10-9-,13-12-,16-15-,23-20-,24-21-,33-29-/t40-,41-,42+/m0/s1. The van der Waals surface area contributed by atoms with Crippen LogP contribution in [0.3, 0.4) is 0 Å². The smallest absolute Gasteiger partial charge is 0.462 e. The molecule has 0 spiro atoms. The molecular formula is C44H76O14P2. The molecule has 60 heavy (non-hydrogen) atoms. The van der Waals surface area contributed by atoms with Crippen LogP contribution in [0.15, 0.2) is 72.9 Å². The molecule has 0 aliphatic rings. The average Bonchev–Trinajstić information content (AvgIpc) is 3.20. The van der Waals surface area contributed by atoms with Gasteiger partial charge in [0.25, 0.3) is 0 Å². The Morgan fingerprint density at radius 1 is 0.533 bits per heavy atom. The van der Waals surface area contributed by atoms with E-state index in [0.29, 0.717) is 19.3 Å². The van der Waals surface area contributed by atoms with E-state index in [4.69, 9.17) is 23.8 Å². The number of rotatable bonds is 40. The van der Waals surface area contributed by atoms with E-state index in [1.807, 2.05) is 24.3 Å². The second kappa shape index (κ2) is 39.4. The highest BCUT2D eigenvalue weighted by Gasteiger charge is 2.28. The van der Waals surface area contributed by atoms with Crippen molar-refractivity contribution in [1.82, 2.24) is 0 Å². The van der Waals surface area contributed by atoms with Gasteiger partial charge in [-0.25, -0.2) is 9.13 Å². The van der Waals surface area contributed by atoms with Crippen molar-refractivity contribution in [1.29, 1.82) is 0 Å². The highest BCUT2D eigenvalue weighted by atomic mass is 31.2. The number of hydrogen-bond acceptors (Lipinski definition) is 11. The lowest BCUT2D eigenvalue weighted by Crippen LogP contribution is -2.30. The van der Waals surface area contributed by atoms with E-state index >= 15 is 0 Å². The quantitative estimate of drug-likeness (QED) is 0.0168. The molecule has 0 aromatic heterocycles. The summed E-state index contributed by atoms with van der Waals surface area (Å²) in [5.41, 5.74) is 0.